The van der Waals surface area contributed by atoms with E-state index in [1.165, 1.54) is 0 Å². The highest BCUT2D eigenvalue weighted by atomic mass is 16.5. The van der Waals surface area contributed by atoms with Gasteiger partial charge in [-0.1, -0.05) is 55.4 Å². The Kier molecular flexibility index (Phi) is 25.5. The van der Waals surface area contributed by atoms with Crippen LogP contribution in [0.3, 0.4) is 0 Å². The molecular formula is C18H38O7. The Morgan fingerprint density at radius 1 is 0.800 bits per heavy atom. The second kappa shape index (κ2) is 20.4. The molecule has 0 fully saturated rings. The molecule has 0 rings (SSSR count). The number of carboxylic acid groups (broad SMARTS) is 2. The molecular weight excluding hydrogens is 328 g/mol. The summed E-state index contributed by atoms with van der Waals surface area (Å²) >= 11 is 0. The Hall–Kier alpha value is -1.63. The molecule has 3 N–H and O–H groups in total. The van der Waals surface area contributed by atoms with E-state index in [1.807, 2.05) is 41.5 Å². The predicted octanol–water partition coefficient (Wildman–Crippen LogP) is 3.29. The van der Waals surface area contributed by atoms with Gasteiger partial charge in [-0.05, 0) is 11.8 Å². The summed E-state index contributed by atoms with van der Waals surface area (Å²) in [4.78, 5) is 29.5. The number of aliphatic carboxylic acids is 2. The van der Waals surface area contributed by atoms with E-state index in [0.717, 1.165) is 6.92 Å². The summed E-state index contributed by atoms with van der Waals surface area (Å²) in [7, 11) is 0. The standard InChI is InChI=1S/C8H16O2.C4H8O2.C4H10O.C2H4O2/c1-6(2)5-10-8(9)7(3)4;1-3(2)4(5)6;1-4(2)3-5;1-2(3)4/h6-7H,5H2,1-4H3;3H,1-2H3,(H,5,6);4-5H,3H2,1-2H3;1H3,(H,3,4). The smallest absolute Gasteiger partial charge is 0.308 e. The summed E-state index contributed by atoms with van der Waals surface area (Å²) in [6.07, 6.45) is 0. The van der Waals surface area contributed by atoms with Crippen molar-refractivity contribution >= 4 is 17.9 Å². The average molecular weight is 366 g/mol. The average Bonchev–Trinajstić information content (AvgIpc) is 2.44. The number of rotatable bonds is 5. The van der Waals surface area contributed by atoms with Crippen LogP contribution >= 0.6 is 0 Å². The van der Waals surface area contributed by atoms with E-state index >= 15 is 0 Å². The van der Waals surface area contributed by atoms with Crippen molar-refractivity contribution in [2.75, 3.05) is 13.2 Å². The Labute approximate surface area is 152 Å². The molecule has 0 aromatic heterocycles. The van der Waals surface area contributed by atoms with E-state index in [2.05, 4.69) is 0 Å². The van der Waals surface area contributed by atoms with Crippen molar-refractivity contribution in [2.24, 2.45) is 23.7 Å². The minimum Gasteiger partial charge on any atom is -0.481 e. The van der Waals surface area contributed by atoms with Crippen LogP contribution in [0.4, 0.5) is 0 Å². The van der Waals surface area contributed by atoms with Gasteiger partial charge in [-0.2, -0.15) is 0 Å². The van der Waals surface area contributed by atoms with Crippen molar-refractivity contribution in [3.8, 4) is 0 Å². The number of aliphatic hydroxyl groups excluding tert-OH is 1. The van der Waals surface area contributed by atoms with E-state index in [-0.39, 0.29) is 17.8 Å². The van der Waals surface area contributed by atoms with Crippen LogP contribution in [0.15, 0.2) is 0 Å². The molecule has 0 amide bonds. The lowest BCUT2D eigenvalue weighted by molar-refractivity contribution is -0.148. The van der Waals surface area contributed by atoms with Gasteiger partial charge in [0, 0.05) is 13.5 Å². The molecule has 0 unspecified atom stereocenters. The summed E-state index contributed by atoms with van der Waals surface area (Å²) in [5, 5.41) is 23.6. The number of hydrogen-bond acceptors (Lipinski definition) is 5. The van der Waals surface area contributed by atoms with Crippen LogP contribution in [-0.4, -0.2) is 46.4 Å². The maximum Gasteiger partial charge on any atom is 0.308 e. The lowest BCUT2D eigenvalue weighted by Crippen LogP contribution is -2.14. The molecule has 0 aromatic carbocycles. The molecule has 0 aliphatic heterocycles. The second-order valence-electron chi connectivity index (χ2n) is 6.77. The third-order valence-electron chi connectivity index (χ3n) is 1.89. The zero-order valence-electron chi connectivity index (χ0n) is 17.2. The number of hydrogen-bond donors (Lipinski definition) is 3. The Morgan fingerprint density at radius 2 is 1.08 bits per heavy atom. The lowest BCUT2D eigenvalue weighted by atomic mass is 10.2. The quantitative estimate of drug-likeness (QED) is 0.638. The largest absolute Gasteiger partial charge is 0.481 e. The number of aliphatic hydroxyl groups is 1. The summed E-state index contributed by atoms with van der Waals surface area (Å²) in [5.41, 5.74) is 0. The maximum absolute atomic E-state index is 10.8. The van der Waals surface area contributed by atoms with Gasteiger partial charge in [0.05, 0.1) is 18.4 Å². The molecule has 7 nitrogen and oxygen atoms in total. The topological polar surface area (TPSA) is 121 Å². The highest BCUT2D eigenvalue weighted by Gasteiger charge is 2.07. The summed E-state index contributed by atoms with van der Waals surface area (Å²) in [6, 6.07) is 0. The SMILES string of the molecule is CC(=O)O.CC(C)C(=O)O.CC(C)CO.CC(C)COC(=O)C(C)C. The molecule has 0 saturated carbocycles. The molecule has 0 spiro atoms. The van der Waals surface area contributed by atoms with Crippen molar-refractivity contribution < 1.29 is 34.4 Å². The van der Waals surface area contributed by atoms with Gasteiger partial charge in [0.15, 0.2) is 0 Å². The van der Waals surface area contributed by atoms with Gasteiger partial charge in [-0.15, -0.1) is 0 Å². The minimum atomic E-state index is -0.833. The Bertz CT molecular complexity index is 330. The van der Waals surface area contributed by atoms with Crippen LogP contribution < -0.4 is 0 Å². The van der Waals surface area contributed by atoms with Crippen LogP contribution in [0.25, 0.3) is 0 Å². The molecule has 0 aliphatic rings. The fourth-order valence-corrected chi connectivity index (χ4v) is 0.415. The maximum atomic E-state index is 10.8. The predicted molar refractivity (Wildman–Crippen MR) is 98.3 cm³/mol. The van der Waals surface area contributed by atoms with E-state index in [0.29, 0.717) is 25.0 Å². The van der Waals surface area contributed by atoms with E-state index < -0.39 is 11.9 Å². The van der Waals surface area contributed by atoms with Gasteiger partial charge in [0.2, 0.25) is 0 Å². The molecule has 152 valence electrons. The van der Waals surface area contributed by atoms with Crippen LogP contribution in [0, 0.1) is 23.7 Å². The van der Waals surface area contributed by atoms with Crippen molar-refractivity contribution in [1.82, 2.24) is 0 Å². The summed E-state index contributed by atoms with van der Waals surface area (Å²) in [6.45, 7) is 16.9. The summed E-state index contributed by atoms with van der Waals surface area (Å²) in [5.74, 6) is -1.04. The summed E-state index contributed by atoms with van der Waals surface area (Å²) < 4.78 is 4.93. The van der Waals surface area contributed by atoms with Gasteiger partial charge in [0.1, 0.15) is 0 Å². The van der Waals surface area contributed by atoms with Crippen LogP contribution in [0.5, 0.6) is 0 Å². The fraction of sp³-hybridized carbons (Fsp3) is 0.833. The molecule has 0 aliphatic carbocycles. The number of carbonyl (C=O) groups is 3. The highest BCUT2D eigenvalue weighted by Crippen LogP contribution is 1.99. The molecule has 0 atom stereocenters. The van der Waals surface area contributed by atoms with Crippen LogP contribution in [0.1, 0.15) is 62.3 Å². The lowest BCUT2D eigenvalue weighted by Gasteiger charge is -2.08. The number of carbonyl (C=O) groups excluding carboxylic acids is 1. The second-order valence-corrected chi connectivity index (χ2v) is 6.77. The van der Waals surface area contributed by atoms with Gasteiger partial charge in [-0.25, -0.2) is 0 Å². The first-order valence-corrected chi connectivity index (χ1v) is 8.38. The van der Waals surface area contributed by atoms with Crippen LogP contribution in [-0.2, 0) is 19.1 Å². The first-order valence-electron chi connectivity index (χ1n) is 8.38. The zero-order chi connectivity index (χ0) is 21.2. The van der Waals surface area contributed by atoms with Crippen molar-refractivity contribution in [3.05, 3.63) is 0 Å². The molecule has 0 heterocycles. The van der Waals surface area contributed by atoms with Gasteiger partial charge in [0.25, 0.3) is 5.97 Å². The van der Waals surface area contributed by atoms with Crippen molar-refractivity contribution in [3.63, 3.8) is 0 Å². The van der Waals surface area contributed by atoms with Crippen molar-refractivity contribution in [1.29, 1.82) is 0 Å². The van der Waals surface area contributed by atoms with E-state index in [4.69, 9.17) is 24.9 Å². The number of carboxylic acids is 2. The van der Waals surface area contributed by atoms with Crippen molar-refractivity contribution in [2.45, 2.75) is 62.3 Å². The molecule has 25 heavy (non-hydrogen) atoms. The number of ether oxygens (including phenoxy) is 1. The molecule has 0 saturated heterocycles. The fourth-order valence-electron chi connectivity index (χ4n) is 0.415. The Balaban J connectivity index is -0.000000127. The normalized spacial score (nSPS) is 9.36. The molecule has 7 heteroatoms. The zero-order valence-corrected chi connectivity index (χ0v) is 17.2. The number of esters is 1. The Morgan fingerprint density at radius 3 is 1.20 bits per heavy atom. The highest BCUT2D eigenvalue weighted by molar-refractivity contribution is 5.71. The van der Waals surface area contributed by atoms with E-state index in [1.54, 1.807) is 13.8 Å². The third-order valence-corrected chi connectivity index (χ3v) is 1.89. The van der Waals surface area contributed by atoms with Gasteiger partial charge in [-0.3, -0.25) is 14.4 Å². The monoisotopic (exact) mass is 366 g/mol. The van der Waals surface area contributed by atoms with Gasteiger partial charge < -0.3 is 20.1 Å². The minimum absolute atomic E-state index is 0.00116. The molecule has 0 bridgehead atoms. The van der Waals surface area contributed by atoms with E-state index in [9.17, 15) is 9.59 Å². The van der Waals surface area contributed by atoms with Crippen LogP contribution in [0.2, 0.25) is 0 Å². The first kappa shape index (κ1) is 31.2. The first-order chi connectivity index (χ1) is 11.2. The molecule has 0 radical (unpaired) electrons. The van der Waals surface area contributed by atoms with Gasteiger partial charge >= 0.3 is 11.9 Å². The molecule has 0 aromatic rings. The third kappa shape index (κ3) is 51.9.